The third-order valence-electron chi connectivity index (χ3n) is 2.44. The molecule has 0 aromatic heterocycles. The molecule has 1 aromatic rings. The second-order valence-electron chi connectivity index (χ2n) is 3.39. The van der Waals surface area contributed by atoms with Crippen LogP contribution in [-0.2, 0) is 0 Å². The summed E-state index contributed by atoms with van der Waals surface area (Å²) in [4.78, 5) is 0. The highest BCUT2D eigenvalue weighted by Gasteiger charge is 2.34. The van der Waals surface area contributed by atoms with E-state index in [4.69, 9.17) is 9.47 Å². The van der Waals surface area contributed by atoms with Crippen molar-refractivity contribution in [3.8, 4) is 11.5 Å². The van der Waals surface area contributed by atoms with Gasteiger partial charge in [0.25, 0.3) is 0 Å². The lowest BCUT2D eigenvalue weighted by Gasteiger charge is -2.10. The zero-order chi connectivity index (χ0) is 11.2. The summed E-state index contributed by atoms with van der Waals surface area (Å²) in [5.74, 6) is 1.36. The van der Waals surface area contributed by atoms with E-state index in [0.29, 0.717) is 11.5 Å². The molecular formula is C10H10Br2O3. The summed E-state index contributed by atoms with van der Waals surface area (Å²) >= 11 is 6.80. The van der Waals surface area contributed by atoms with Crippen molar-refractivity contribution in [2.24, 2.45) is 0 Å². The van der Waals surface area contributed by atoms with Crippen LogP contribution in [0.2, 0.25) is 0 Å². The maximum absolute atomic E-state index is 9.94. The summed E-state index contributed by atoms with van der Waals surface area (Å²) in [5, 5.41) is 9.94. The molecule has 0 spiro atoms. The maximum atomic E-state index is 9.94. The van der Waals surface area contributed by atoms with E-state index in [1.54, 1.807) is 7.11 Å². The van der Waals surface area contributed by atoms with E-state index < -0.39 is 6.10 Å². The van der Waals surface area contributed by atoms with Crippen LogP contribution >= 0.6 is 31.9 Å². The largest absolute Gasteiger partial charge is 0.496 e. The molecule has 82 valence electrons. The lowest BCUT2D eigenvalue weighted by molar-refractivity contribution is 0.0790. The Balaban J connectivity index is 2.64. The van der Waals surface area contributed by atoms with E-state index >= 15 is 0 Å². The number of hydrogen-bond acceptors (Lipinski definition) is 3. The van der Waals surface area contributed by atoms with Crippen LogP contribution in [-0.4, -0.2) is 18.3 Å². The van der Waals surface area contributed by atoms with Crippen LogP contribution in [0, 0.1) is 0 Å². The van der Waals surface area contributed by atoms with Crippen molar-refractivity contribution in [2.45, 2.75) is 19.1 Å². The van der Waals surface area contributed by atoms with Crippen molar-refractivity contribution in [2.75, 3.05) is 7.11 Å². The number of ether oxygens (including phenoxy) is 2. The average Bonchev–Trinajstić information content (AvgIpc) is 2.50. The molecule has 5 heteroatoms. The quantitative estimate of drug-likeness (QED) is 0.856. The number of benzene rings is 1. The van der Waals surface area contributed by atoms with Gasteiger partial charge < -0.3 is 14.6 Å². The van der Waals surface area contributed by atoms with Gasteiger partial charge in [0, 0.05) is 5.56 Å². The smallest absolute Gasteiger partial charge is 0.141 e. The number of halogens is 2. The van der Waals surface area contributed by atoms with Gasteiger partial charge >= 0.3 is 0 Å². The van der Waals surface area contributed by atoms with Crippen LogP contribution in [0.5, 0.6) is 11.5 Å². The first-order valence-corrected chi connectivity index (χ1v) is 6.05. The van der Waals surface area contributed by atoms with Gasteiger partial charge in [0.05, 0.1) is 16.1 Å². The Hall–Kier alpha value is -0.260. The maximum Gasteiger partial charge on any atom is 0.141 e. The number of methoxy groups -OCH3 is 1. The number of fused-ring (bicyclic) bond motifs is 1. The molecule has 1 aliphatic rings. The first-order chi connectivity index (χ1) is 7.06. The van der Waals surface area contributed by atoms with E-state index in [1.807, 2.05) is 13.0 Å². The molecule has 1 aliphatic heterocycles. The van der Waals surface area contributed by atoms with Crippen LogP contribution < -0.4 is 9.47 Å². The molecule has 0 aliphatic carbocycles. The van der Waals surface area contributed by atoms with E-state index in [9.17, 15) is 5.11 Å². The SMILES string of the molecule is COc1cc(Br)c2c(c1Br)C(O)C(C)O2. The molecule has 0 radical (unpaired) electrons. The molecule has 0 amide bonds. The van der Waals surface area contributed by atoms with Crippen LogP contribution in [0.4, 0.5) is 0 Å². The van der Waals surface area contributed by atoms with Crippen molar-refractivity contribution in [1.82, 2.24) is 0 Å². The fourth-order valence-corrected chi connectivity index (χ4v) is 2.83. The third kappa shape index (κ3) is 1.66. The van der Waals surface area contributed by atoms with Crippen LogP contribution in [0.15, 0.2) is 15.0 Å². The van der Waals surface area contributed by atoms with Crippen LogP contribution in [0.3, 0.4) is 0 Å². The van der Waals surface area contributed by atoms with Gasteiger partial charge in [-0.05, 0) is 44.8 Å². The fraction of sp³-hybridized carbons (Fsp3) is 0.400. The van der Waals surface area contributed by atoms with Crippen LogP contribution in [0.25, 0.3) is 0 Å². The molecule has 2 unspecified atom stereocenters. The molecule has 3 nitrogen and oxygen atoms in total. The van der Waals surface area contributed by atoms with E-state index in [1.165, 1.54) is 0 Å². The Morgan fingerprint density at radius 2 is 2.13 bits per heavy atom. The Kier molecular flexibility index (Phi) is 2.96. The van der Waals surface area contributed by atoms with E-state index in [-0.39, 0.29) is 6.10 Å². The Morgan fingerprint density at radius 1 is 1.47 bits per heavy atom. The van der Waals surface area contributed by atoms with Gasteiger partial charge in [0.2, 0.25) is 0 Å². The molecule has 15 heavy (non-hydrogen) atoms. The second-order valence-corrected chi connectivity index (χ2v) is 5.03. The molecule has 2 rings (SSSR count). The number of aliphatic hydroxyl groups excluding tert-OH is 1. The molecule has 2 atom stereocenters. The molecule has 1 N–H and O–H groups in total. The predicted molar refractivity (Wildman–Crippen MR) is 63.4 cm³/mol. The molecule has 1 aromatic carbocycles. The molecule has 0 bridgehead atoms. The standard InChI is InChI=1S/C10H10Br2O3/c1-4-9(13)7-8(12)6(14-2)3-5(11)10(7)15-4/h3-4,9,13H,1-2H3. The summed E-state index contributed by atoms with van der Waals surface area (Å²) in [7, 11) is 1.59. The minimum atomic E-state index is -0.624. The van der Waals surface area contributed by atoms with Gasteiger partial charge in [-0.1, -0.05) is 0 Å². The number of aliphatic hydroxyl groups is 1. The zero-order valence-corrected chi connectivity index (χ0v) is 11.4. The highest BCUT2D eigenvalue weighted by atomic mass is 79.9. The van der Waals surface area contributed by atoms with E-state index in [2.05, 4.69) is 31.9 Å². The van der Waals surface area contributed by atoms with Crippen molar-refractivity contribution in [3.63, 3.8) is 0 Å². The minimum Gasteiger partial charge on any atom is -0.496 e. The molecule has 0 saturated carbocycles. The van der Waals surface area contributed by atoms with Crippen molar-refractivity contribution in [1.29, 1.82) is 0 Å². The monoisotopic (exact) mass is 336 g/mol. The fourth-order valence-electron chi connectivity index (χ4n) is 1.62. The van der Waals surface area contributed by atoms with Gasteiger partial charge in [0.15, 0.2) is 0 Å². The Morgan fingerprint density at radius 3 is 2.73 bits per heavy atom. The number of hydrogen-bond donors (Lipinski definition) is 1. The summed E-state index contributed by atoms with van der Waals surface area (Å²) in [6.45, 7) is 1.83. The lowest BCUT2D eigenvalue weighted by atomic mass is 10.1. The summed E-state index contributed by atoms with van der Waals surface area (Å²) in [5.41, 5.74) is 0.744. The summed E-state index contributed by atoms with van der Waals surface area (Å²) < 4.78 is 12.3. The molecule has 1 heterocycles. The zero-order valence-electron chi connectivity index (χ0n) is 8.25. The Bertz CT molecular complexity index is 406. The highest BCUT2D eigenvalue weighted by Crippen LogP contribution is 2.49. The highest BCUT2D eigenvalue weighted by molar-refractivity contribution is 9.11. The molecule has 0 fully saturated rings. The van der Waals surface area contributed by atoms with Gasteiger partial charge in [-0.15, -0.1) is 0 Å². The lowest BCUT2D eigenvalue weighted by Crippen LogP contribution is -2.13. The first-order valence-electron chi connectivity index (χ1n) is 4.47. The van der Waals surface area contributed by atoms with Crippen molar-refractivity contribution in [3.05, 3.63) is 20.6 Å². The van der Waals surface area contributed by atoms with Gasteiger partial charge in [-0.3, -0.25) is 0 Å². The van der Waals surface area contributed by atoms with E-state index in [0.717, 1.165) is 14.5 Å². The summed E-state index contributed by atoms with van der Waals surface area (Å²) in [6, 6.07) is 1.81. The topological polar surface area (TPSA) is 38.7 Å². The van der Waals surface area contributed by atoms with Gasteiger partial charge in [-0.2, -0.15) is 0 Å². The third-order valence-corrected chi connectivity index (χ3v) is 3.84. The van der Waals surface area contributed by atoms with Gasteiger partial charge in [-0.25, -0.2) is 0 Å². The predicted octanol–water partition coefficient (Wildman–Crippen LogP) is 3.03. The normalized spacial score (nSPS) is 23.5. The van der Waals surface area contributed by atoms with Crippen molar-refractivity contribution < 1.29 is 14.6 Å². The summed E-state index contributed by atoms with van der Waals surface area (Å²) in [6.07, 6.45) is -0.861. The Labute approximate surface area is 105 Å². The number of rotatable bonds is 1. The van der Waals surface area contributed by atoms with Crippen LogP contribution in [0.1, 0.15) is 18.6 Å². The minimum absolute atomic E-state index is 0.236. The second kappa shape index (κ2) is 3.96. The molecular weight excluding hydrogens is 328 g/mol. The van der Waals surface area contributed by atoms with Gasteiger partial charge in [0.1, 0.15) is 23.7 Å². The first kappa shape index (κ1) is 11.2. The average molecular weight is 338 g/mol. The molecule has 0 saturated heterocycles. The van der Waals surface area contributed by atoms with Crippen molar-refractivity contribution >= 4 is 31.9 Å².